The zero-order chi connectivity index (χ0) is 22.1. The zero-order valence-electron chi connectivity index (χ0n) is 18.6. The second kappa shape index (κ2) is 8.86. The second-order valence-corrected chi connectivity index (χ2v) is 9.02. The normalized spacial score (nSPS) is 21.0. The molecule has 32 heavy (non-hydrogen) atoms. The molecule has 0 saturated carbocycles. The molecule has 8 nitrogen and oxygen atoms in total. The predicted octanol–water partition coefficient (Wildman–Crippen LogP) is 2.78. The smallest absolute Gasteiger partial charge is 0.298 e. The number of amides is 3. The van der Waals surface area contributed by atoms with Crippen LogP contribution in [0.25, 0.3) is 5.52 Å². The van der Waals surface area contributed by atoms with E-state index < -0.39 is 0 Å². The topological polar surface area (TPSA) is 73.5 Å². The lowest BCUT2D eigenvalue weighted by Crippen LogP contribution is -2.50. The number of rotatable bonds is 5. The van der Waals surface area contributed by atoms with Crippen molar-refractivity contribution in [2.45, 2.75) is 32.1 Å². The number of carbonyl (C=O) groups excluding carboxylic acids is 2. The van der Waals surface area contributed by atoms with E-state index in [0.717, 1.165) is 50.2 Å². The first kappa shape index (κ1) is 20.9. The Morgan fingerprint density at radius 3 is 2.78 bits per heavy atom. The molecule has 0 radical (unpaired) electrons. The Hall–Kier alpha value is -3.00. The SMILES string of the molecule is CN1C(=O)CCN(c2cnn3ccc(CC4CCN(CC5=NCCC=C5)CC4)cc23)C1=O. The van der Waals surface area contributed by atoms with Gasteiger partial charge in [0.2, 0.25) is 5.91 Å². The molecule has 8 heteroatoms. The number of hydrogen-bond donors (Lipinski definition) is 0. The fraction of sp³-hybridized carbons (Fsp3) is 0.500. The van der Waals surface area contributed by atoms with Crippen molar-refractivity contribution in [3.63, 3.8) is 0 Å². The maximum atomic E-state index is 12.6. The van der Waals surface area contributed by atoms with Crippen molar-refractivity contribution in [2.75, 3.05) is 44.7 Å². The number of carbonyl (C=O) groups is 2. The lowest BCUT2D eigenvalue weighted by Gasteiger charge is -2.32. The van der Waals surface area contributed by atoms with Gasteiger partial charge in [-0.05, 0) is 68.5 Å². The molecule has 2 saturated heterocycles. The number of aromatic nitrogens is 2. The fourth-order valence-electron chi connectivity index (χ4n) is 4.90. The lowest BCUT2D eigenvalue weighted by molar-refractivity contribution is -0.127. The molecule has 168 valence electrons. The Morgan fingerprint density at radius 2 is 2.00 bits per heavy atom. The Bertz CT molecular complexity index is 1080. The first-order chi connectivity index (χ1) is 15.6. The van der Waals surface area contributed by atoms with Crippen LogP contribution in [-0.4, -0.2) is 76.8 Å². The summed E-state index contributed by atoms with van der Waals surface area (Å²) in [6.45, 7) is 4.51. The van der Waals surface area contributed by atoms with E-state index in [-0.39, 0.29) is 11.9 Å². The summed E-state index contributed by atoms with van der Waals surface area (Å²) >= 11 is 0. The Balaban J connectivity index is 1.24. The maximum Gasteiger partial charge on any atom is 0.331 e. The van der Waals surface area contributed by atoms with Crippen LogP contribution in [0, 0.1) is 5.92 Å². The van der Waals surface area contributed by atoms with Crippen molar-refractivity contribution >= 4 is 28.9 Å². The summed E-state index contributed by atoms with van der Waals surface area (Å²) < 4.78 is 1.81. The van der Waals surface area contributed by atoms with E-state index in [4.69, 9.17) is 0 Å². The van der Waals surface area contributed by atoms with Gasteiger partial charge in [-0.15, -0.1) is 0 Å². The number of imide groups is 1. The molecule has 3 amide bonds. The number of likely N-dealkylation sites (tertiary alicyclic amines) is 1. The molecule has 0 atom stereocenters. The molecule has 0 aliphatic carbocycles. The number of aliphatic imine (C=N–C) groups is 1. The second-order valence-electron chi connectivity index (χ2n) is 9.02. The number of pyridine rings is 1. The van der Waals surface area contributed by atoms with Crippen LogP contribution in [0.5, 0.6) is 0 Å². The third kappa shape index (κ3) is 4.19. The molecule has 5 heterocycles. The van der Waals surface area contributed by atoms with Gasteiger partial charge in [0.05, 0.1) is 17.4 Å². The quantitative estimate of drug-likeness (QED) is 0.725. The van der Waals surface area contributed by atoms with Gasteiger partial charge in [0, 0.05) is 45.0 Å². The minimum Gasteiger partial charge on any atom is -0.298 e. The Kier molecular flexibility index (Phi) is 5.78. The Labute approximate surface area is 188 Å². The van der Waals surface area contributed by atoms with E-state index in [1.807, 2.05) is 10.7 Å². The van der Waals surface area contributed by atoms with Crippen molar-refractivity contribution in [1.82, 2.24) is 19.4 Å². The highest BCUT2D eigenvalue weighted by Crippen LogP contribution is 2.28. The number of nitrogens with zero attached hydrogens (tertiary/aromatic N) is 6. The lowest BCUT2D eigenvalue weighted by atomic mass is 9.90. The minimum atomic E-state index is -0.286. The molecular formula is C24H30N6O2. The number of urea groups is 1. The van der Waals surface area contributed by atoms with Gasteiger partial charge in [0.1, 0.15) is 0 Å². The van der Waals surface area contributed by atoms with Crippen LogP contribution in [0.15, 0.2) is 41.7 Å². The molecular weight excluding hydrogens is 404 g/mol. The summed E-state index contributed by atoms with van der Waals surface area (Å²) in [5.41, 5.74) is 4.17. The van der Waals surface area contributed by atoms with Crippen LogP contribution < -0.4 is 4.90 Å². The first-order valence-corrected chi connectivity index (χ1v) is 11.5. The highest BCUT2D eigenvalue weighted by Gasteiger charge is 2.31. The standard InChI is InChI=1S/C24H30N6O2/c1-27-23(31)8-12-29(24(27)32)22-16-26-30-13-7-19(15-21(22)30)14-18-5-10-28(11-6-18)17-20-4-2-3-9-25-20/h2,4,7,13,15-16,18H,3,5-6,8-12,14,17H2,1H3. The van der Waals surface area contributed by atoms with Crippen molar-refractivity contribution in [1.29, 1.82) is 0 Å². The first-order valence-electron chi connectivity index (χ1n) is 11.5. The van der Waals surface area contributed by atoms with Crippen LogP contribution in [0.1, 0.15) is 31.2 Å². The average Bonchev–Trinajstić information content (AvgIpc) is 3.23. The molecule has 0 bridgehead atoms. The number of hydrogen-bond acceptors (Lipinski definition) is 5. The van der Waals surface area contributed by atoms with Gasteiger partial charge in [-0.3, -0.25) is 24.5 Å². The number of piperidine rings is 1. The van der Waals surface area contributed by atoms with Gasteiger partial charge < -0.3 is 0 Å². The summed E-state index contributed by atoms with van der Waals surface area (Å²) in [5.74, 6) is 0.519. The monoisotopic (exact) mass is 434 g/mol. The van der Waals surface area contributed by atoms with Crippen LogP contribution in [-0.2, 0) is 11.2 Å². The third-order valence-electron chi connectivity index (χ3n) is 6.84. The minimum absolute atomic E-state index is 0.138. The molecule has 3 aliphatic heterocycles. The highest BCUT2D eigenvalue weighted by atomic mass is 16.2. The van der Waals surface area contributed by atoms with Crippen LogP contribution in [0.3, 0.4) is 0 Å². The summed E-state index contributed by atoms with van der Waals surface area (Å²) in [4.78, 5) is 34.5. The van der Waals surface area contributed by atoms with Crippen molar-refractivity contribution < 1.29 is 9.59 Å². The van der Waals surface area contributed by atoms with E-state index in [0.29, 0.717) is 18.9 Å². The third-order valence-corrected chi connectivity index (χ3v) is 6.84. The molecule has 2 aromatic heterocycles. The summed E-state index contributed by atoms with van der Waals surface area (Å²) in [5, 5.41) is 4.42. The molecule has 5 rings (SSSR count). The van der Waals surface area contributed by atoms with Crippen LogP contribution >= 0.6 is 0 Å². The summed E-state index contributed by atoms with van der Waals surface area (Å²) in [6.07, 6.45) is 12.9. The van der Waals surface area contributed by atoms with E-state index >= 15 is 0 Å². The largest absolute Gasteiger partial charge is 0.331 e. The van der Waals surface area contributed by atoms with Crippen LogP contribution in [0.2, 0.25) is 0 Å². The van der Waals surface area contributed by atoms with Gasteiger partial charge in [0.15, 0.2) is 0 Å². The molecule has 2 aromatic rings. The molecule has 2 fully saturated rings. The molecule has 0 unspecified atom stereocenters. The fourth-order valence-corrected chi connectivity index (χ4v) is 4.90. The Morgan fingerprint density at radius 1 is 1.16 bits per heavy atom. The van der Waals surface area contributed by atoms with E-state index in [2.05, 4.69) is 39.3 Å². The van der Waals surface area contributed by atoms with Gasteiger partial charge in [-0.25, -0.2) is 9.31 Å². The number of dihydropyridines is 1. The number of anilines is 1. The maximum absolute atomic E-state index is 12.6. The van der Waals surface area contributed by atoms with Crippen molar-refractivity contribution in [3.05, 3.63) is 42.2 Å². The van der Waals surface area contributed by atoms with E-state index in [1.54, 1.807) is 11.1 Å². The molecule has 3 aliphatic rings. The van der Waals surface area contributed by atoms with Gasteiger partial charge >= 0.3 is 6.03 Å². The van der Waals surface area contributed by atoms with E-state index in [9.17, 15) is 9.59 Å². The van der Waals surface area contributed by atoms with Crippen molar-refractivity contribution in [2.24, 2.45) is 10.9 Å². The van der Waals surface area contributed by atoms with E-state index in [1.165, 1.54) is 36.1 Å². The van der Waals surface area contributed by atoms with Gasteiger partial charge in [-0.1, -0.05) is 6.08 Å². The van der Waals surface area contributed by atoms with Gasteiger partial charge in [0.25, 0.3) is 0 Å². The molecule has 0 aromatic carbocycles. The zero-order valence-corrected chi connectivity index (χ0v) is 18.6. The summed E-state index contributed by atoms with van der Waals surface area (Å²) in [7, 11) is 1.54. The molecule has 0 spiro atoms. The molecule has 0 N–H and O–H groups in total. The van der Waals surface area contributed by atoms with Crippen LogP contribution in [0.4, 0.5) is 10.5 Å². The average molecular weight is 435 g/mol. The highest BCUT2D eigenvalue weighted by molar-refractivity contribution is 6.07. The number of fused-ring (bicyclic) bond motifs is 1. The van der Waals surface area contributed by atoms with Gasteiger partial charge in [-0.2, -0.15) is 5.10 Å². The van der Waals surface area contributed by atoms with Crippen molar-refractivity contribution in [3.8, 4) is 0 Å². The summed E-state index contributed by atoms with van der Waals surface area (Å²) in [6, 6.07) is 4.00. The predicted molar refractivity (Wildman–Crippen MR) is 124 cm³/mol.